The predicted octanol–water partition coefficient (Wildman–Crippen LogP) is 1.55. The Morgan fingerprint density at radius 1 is 1.21 bits per heavy atom. The lowest BCUT2D eigenvalue weighted by Gasteiger charge is -2.00. The molecule has 3 rings (SSSR count). The monoisotopic (exact) mass is 334 g/mol. The zero-order valence-corrected chi connectivity index (χ0v) is 13.6. The molecule has 7 heteroatoms. The van der Waals surface area contributed by atoms with E-state index in [1.165, 1.54) is 12.4 Å². The fourth-order valence-corrected chi connectivity index (χ4v) is 1.58. The zero-order chi connectivity index (χ0) is 17.5. The highest BCUT2D eigenvalue weighted by Gasteiger charge is 2.01. The Labute approximate surface area is 140 Å². The van der Waals surface area contributed by atoms with Crippen LogP contribution >= 0.6 is 0 Å². The van der Waals surface area contributed by atoms with Gasteiger partial charge >= 0.3 is 11.7 Å². The van der Waals surface area contributed by atoms with Gasteiger partial charge in [0.15, 0.2) is 0 Å². The largest absolute Gasteiger partial charge is 0.466 e. The molecule has 1 aliphatic rings. The number of carbonyl (C=O) groups is 1. The van der Waals surface area contributed by atoms with Crippen LogP contribution in [0.2, 0.25) is 0 Å². The third-order valence-corrected chi connectivity index (χ3v) is 2.62. The SMILES string of the molecule is C1COCO1.CCOC(=O)Cc1ccccc1.O=c1nccc[nH]1. The summed E-state index contributed by atoms with van der Waals surface area (Å²) in [5.74, 6) is -0.163. The van der Waals surface area contributed by atoms with Crippen LogP contribution in [0.3, 0.4) is 0 Å². The fourth-order valence-electron chi connectivity index (χ4n) is 1.58. The Balaban J connectivity index is 0.000000201. The van der Waals surface area contributed by atoms with Gasteiger partial charge in [0.1, 0.15) is 6.79 Å². The van der Waals surface area contributed by atoms with Crippen molar-refractivity contribution in [3.63, 3.8) is 0 Å². The maximum Gasteiger partial charge on any atom is 0.344 e. The summed E-state index contributed by atoms with van der Waals surface area (Å²) < 4.78 is 14.3. The number of rotatable bonds is 3. The minimum atomic E-state index is -0.303. The van der Waals surface area contributed by atoms with E-state index in [0.29, 0.717) is 19.8 Å². The van der Waals surface area contributed by atoms with E-state index in [0.717, 1.165) is 18.8 Å². The number of ether oxygens (including phenoxy) is 3. The van der Waals surface area contributed by atoms with E-state index in [1.807, 2.05) is 37.3 Å². The molecule has 0 saturated carbocycles. The number of nitrogens with one attached hydrogen (secondary N) is 1. The lowest BCUT2D eigenvalue weighted by Crippen LogP contribution is -2.06. The van der Waals surface area contributed by atoms with Crippen molar-refractivity contribution in [1.29, 1.82) is 0 Å². The average molecular weight is 334 g/mol. The molecular formula is C17H22N2O5. The van der Waals surface area contributed by atoms with Crippen LogP contribution in [0.15, 0.2) is 53.6 Å². The summed E-state index contributed by atoms with van der Waals surface area (Å²) in [6.07, 6.45) is 3.35. The van der Waals surface area contributed by atoms with Crippen LogP contribution < -0.4 is 5.69 Å². The Bertz CT molecular complexity index is 587. The van der Waals surface area contributed by atoms with Gasteiger partial charge in [0.05, 0.1) is 26.2 Å². The highest BCUT2D eigenvalue weighted by Crippen LogP contribution is 2.00. The molecule has 1 N–H and O–H groups in total. The molecule has 7 nitrogen and oxygen atoms in total. The van der Waals surface area contributed by atoms with E-state index in [4.69, 9.17) is 14.2 Å². The smallest absolute Gasteiger partial charge is 0.344 e. The average Bonchev–Trinajstić information content (AvgIpc) is 3.17. The quantitative estimate of drug-likeness (QED) is 0.857. The first-order valence-electron chi connectivity index (χ1n) is 7.57. The van der Waals surface area contributed by atoms with Crippen molar-refractivity contribution < 1.29 is 19.0 Å². The van der Waals surface area contributed by atoms with E-state index < -0.39 is 0 Å². The van der Waals surface area contributed by atoms with Crippen LogP contribution in [0.5, 0.6) is 0 Å². The molecule has 24 heavy (non-hydrogen) atoms. The predicted molar refractivity (Wildman–Crippen MR) is 88.4 cm³/mol. The first kappa shape index (κ1) is 19.5. The summed E-state index contributed by atoms with van der Waals surface area (Å²) in [7, 11) is 0. The van der Waals surface area contributed by atoms with Gasteiger partial charge in [-0.25, -0.2) is 9.78 Å². The molecule has 1 aromatic heterocycles. The summed E-state index contributed by atoms with van der Waals surface area (Å²) in [4.78, 5) is 26.8. The van der Waals surface area contributed by atoms with Gasteiger partial charge < -0.3 is 19.2 Å². The van der Waals surface area contributed by atoms with Crippen molar-refractivity contribution in [2.24, 2.45) is 0 Å². The summed E-state index contributed by atoms with van der Waals surface area (Å²) in [5, 5.41) is 0. The van der Waals surface area contributed by atoms with Crippen LogP contribution in [0.4, 0.5) is 0 Å². The van der Waals surface area contributed by atoms with Crippen LogP contribution in [0.1, 0.15) is 12.5 Å². The molecule has 2 heterocycles. The molecule has 0 spiro atoms. The Hall–Kier alpha value is -2.51. The molecule has 1 fully saturated rings. The molecule has 0 aliphatic carbocycles. The molecule has 0 bridgehead atoms. The molecule has 0 amide bonds. The maximum atomic E-state index is 11.0. The minimum Gasteiger partial charge on any atom is -0.466 e. The number of esters is 1. The molecule has 130 valence electrons. The number of aromatic amines is 1. The topological polar surface area (TPSA) is 90.5 Å². The highest BCUT2D eigenvalue weighted by molar-refractivity contribution is 5.72. The Morgan fingerprint density at radius 2 is 1.92 bits per heavy atom. The van der Waals surface area contributed by atoms with Crippen molar-refractivity contribution in [1.82, 2.24) is 9.97 Å². The Morgan fingerprint density at radius 3 is 2.33 bits per heavy atom. The molecular weight excluding hydrogens is 312 g/mol. The number of benzene rings is 1. The van der Waals surface area contributed by atoms with Gasteiger partial charge in [-0.3, -0.25) is 4.79 Å². The lowest BCUT2D eigenvalue weighted by molar-refractivity contribution is -0.142. The van der Waals surface area contributed by atoms with Crippen LogP contribution in [0.25, 0.3) is 0 Å². The van der Waals surface area contributed by atoms with Crippen molar-refractivity contribution >= 4 is 5.97 Å². The van der Waals surface area contributed by atoms with E-state index in [2.05, 4.69) is 9.97 Å². The third-order valence-electron chi connectivity index (χ3n) is 2.62. The van der Waals surface area contributed by atoms with Crippen molar-refractivity contribution in [2.45, 2.75) is 13.3 Å². The molecule has 0 atom stereocenters. The van der Waals surface area contributed by atoms with Crippen molar-refractivity contribution in [3.05, 3.63) is 64.8 Å². The van der Waals surface area contributed by atoms with Gasteiger partial charge in [-0.15, -0.1) is 0 Å². The number of H-pyrrole nitrogens is 1. The fraction of sp³-hybridized carbons (Fsp3) is 0.353. The van der Waals surface area contributed by atoms with E-state index in [9.17, 15) is 9.59 Å². The second-order valence-electron chi connectivity index (χ2n) is 4.49. The summed E-state index contributed by atoms with van der Waals surface area (Å²) in [6.45, 7) is 4.31. The van der Waals surface area contributed by atoms with E-state index >= 15 is 0 Å². The Kier molecular flexibility index (Phi) is 10.6. The number of nitrogens with zero attached hydrogens (tertiary/aromatic N) is 1. The molecule has 1 aromatic carbocycles. The number of hydrogen-bond acceptors (Lipinski definition) is 6. The standard InChI is InChI=1S/C10H12O2.C4H4N2O.C3H6O2/c1-2-12-10(11)8-9-6-4-3-5-7-9;7-4-5-2-1-3-6-4;1-2-5-3-4-1/h3-7H,2,8H2,1H3;1-3H,(H,5,6,7);1-3H2. The second-order valence-corrected chi connectivity index (χ2v) is 4.49. The summed E-state index contributed by atoms with van der Waals surface area (Å²) in [6, 6.07) is 11.2. The summed E-state index contributed by atoms with van der Waals surface area (Å²) >= 11 is 0. The first-order valence-corrected chi connectivity index (χ1v) is 7.57. The first-order chi connectivity index (χ1) is 11.7. The van der Waals surface area contributed by atoms with Crippen LogP contribution in [0, 0.1) is 0 Å². The van der Waals surface area contributed by atoms with E-state index in [-0.39, 0.29) is 11.7 Å². The van der Waals surface area contributed by atoms with Gasteiger partial charge in [-0.2, -0.15) is 0 Å². The van der Waals surface area contributed by atoms with Gasteiger partial charge in [-0.05, 0) is 18.6 Å². The number of carbonyl (C=O) groups excluding carboxylic acids is 1. The maximum absolute atomic E-state index is 11.0. The van der Waals surface area contributed by atoms with Gasteiger partial charge in [0, 0.05) is 12.4 Å². The normalized spacial score (nSPS) is 12.2. The zero-order valence-electron chi connectivity index (χ0n) is 13.6. The second kappa shape index (κ2) is 13.0. The van der Waals surface area contributed by atoms with Crippen molar-refractivity contribution in [2.75, 3.05) is 26.6 Å². The van der Waals surface area contributed by atoms with Gasteiger partial charge in [0.25, 0.3) is 0 Å². The number of hydrogen-bond donors (Lipinski definition) is 1. The lowest BCUT2D eigenvalue weighted by atomic mass is 10.2. The minimum absolute atomic E-state index is 0.163. The van der Waals surface area contributed by atoms with E-state index in [1.54, 1.807) is 6.07 Å². The van der Waals surface area contributed by atoms with Gasteiger partial charge in [-0.1, -0.05) is 30.3 Å². The van der Waals surface area contributed by atoms with Crippen LogP contribution in [-0.2, 0) is 25.4 Å². The highest BCUT2D eigenvalue weighted by atomic mass is 16.7. The summed E-state index contributed by atoms with van der Waals surface area (Å²) in [5.41, 5.74) is 0.693. The molecule has 0 unspecified atom stereocenters. The molecule has 1 saturated heterocycles. The molecule has 0 radical (unpaired) electrons. The van der Waals surface area contributed by atoms with Crippen molar-refractivity contribution in [3.8, 4) is 0 Å². The van der Waals surface area contributed by atoms with Crippen LogP contribution in [-0.4, -0.2) is 42.6 Å². The number of aromatic nitrogens is 2. The molecule has 2 aromatic rings. The molecule has 1 aliphatic heterocycles. The third kappa shape index (κ3) is 10.3. The van der Waals surface area contributed by atoms with Gasteiger partial charge in [0.2, 0.25) is 0 Å².